The summed E-state index contributed by atoms with van der Waals surface area (Å²) in [5.41, 5.74) is -0.0754. The molecule has 3 atom stereocenters. The third-order valence-corrected chi connectivity index (χ3v) is 6.06. The van der Waals surface area contributed by atoms with Gasteiger partial charge in [-0.1, -0.05) is 6.42 Å². The molecule has 6 nitrogen and oxygen atoms in total. The average Bonchev–Trinajstić information content (AvgIpc) is 2.60. The Morgan fingerprint density at radius 2 is 1.78 bits per heavy atom. The molecule has 0 aromatic heterocycles. The van der Waals surface area contributed by atoms with Crippen molar-refractivity contribution >= 4 is 6.03 Å². The second kappa shape index (κ2) is 10.6. The highest BCUT2D eigenvalue weighted by Gasteiger charge is 2.33. The van der Waals surface area contributed by atoms with E-state index in [2.05, 4.69) is 55.1 Å². The summed E-state index contributed by atoms with van der Waals surface area (Å²) >= 11 is 0. The van der Waals surface area contributed by atoms with Crippen molar-refractivity contribution in [2.45, 2.75) is 90.5 Å². The molecule has 2 rings (SSSR count). The molecule has 2 fully saturated rings. The van der Waals surface area contributed by atoms with Crippen molar-refractivity contribution in [3.8, 4) is 0 Å². The summed E-state index contributed by atoms with van der Waals surface area (Å²) in [6.07, 6.45) is 6.71. The minimum Gasteiger partial charge on any atom is -0.373 e. The Kier molecular flexibility index (Phi) is 8.83. The zero-order chi connectivity index (χ0) is 19.9. The van der Waals surface area contributed by atoms with Gasteiger partial charge in [0.15, 0.2) is 0 Å². The number of nitrogens with one attached hydrogen (secondary N) is 2. The number of urea groups is 1. The van der Waals surface area contributed by atoms with Crippen LogP contribution in [-0.2, 0) is 4.74 Å². The highest BCUT2D eigenvalue weighted by atomic mass is 16.5. The summed E-state index contributed by atoms with van der Waals surface area (Å²) in [6, 6.07) is 0.673. The van der Waals surface area contributed by atoms with Crippen molar-refractivity contribution in [3.05, 3.63) is 0 Å². The fourth-order valence-electron chi connectivity index (χ4n) is 4.27. The molecule has 158 valence electrons. The molecule has 2 saturated heterocycles. The highest BCUT2D eigenvalue weighted by molar-refractivity contribution is 5.73. The summed E-state index contributed by atoms with van der Waals surface area (Å²) in [6.45, 7) is 16.6. The maximum atomic E-state index is 12.1. The van der Waals surface area contributed by atoms with Gasteiger partial charge in [-0.15, -0.1) is 0 Å². The number of hydrogen-bond acceptors (Lipinski definition) is 4. The number of nitrogens with zero attached hydrogens (tertiary/aromatic N) is 2. The zero-order valence-corrected chi connectivity index (χ0v) is 18.2. The van der Waals surface area contributed by atoms with Crippen LogP contribution in [0.3, 0.4) is 0 Å². The molecule has 6 heteroatoms. The second-order valence-corrected chi connectivity index (χ2v) is 9.17. The molecular weight excluding hydrogens is 340 g/mol. The Labute approximate surface area is 166 Å². The van der Waals surface area contributed by atoms with E-state index in [1.165, 1.54) is 25.8 Å². The third kappa shape index (κ3) is 7.59. The van der Waals surface area contributed by atoms with Crippen molar-refractivity contribution in [2.24, 2.45) is 0 Å². The van der Waals surface area contributed by atoms with Crippen LogP contribution in [-0.4, -0.2) is 78.9 Å². The monoisotopic (exact) mass is 382 g/mol. The number of carbonyl (C=O) groups excluding carboxylic acids is 1. The van der Waals surface area contributed by atoms with Crippen LogP contribution < -0.4 is 10.6 Å². The predicted molar refractivity (Wildman–Crippen MR) is 111 cm³/mol. The molecule has 2 heterocycles. The van der Waals surface area contributed by atoms with Gasteiger partial charge in [-0.05, 0) is 73.4 Å². The quantitative estimate of drug-likeness (QED) is 0.634. The van der Waals surface area contributed by atoms with Crippen LogP contribution in [0, 0.1) is 0 Å². The van der Waals surface area contributed by atoms with Crippen molar-refractivity contribution in [2.75, 3.05) is 39.3 Å². The van der Waals surface area contributed by atoms with Gasteiger partial charge >= 0.3 is 6.03 Å². The van der Waals surface area contributed by atoms with Gasteiger partial charge in [0.1, 0.15) is 0 Å². The van der Waals surface area contributed by atoms with Crippen molar-refractivity contribution in [1.82, 2.24) is 20.4 Å². The molecule has 0 bridgehead atoms. The largest absolute Gasteiger partial charge is 0.373 e. The number of carbonyl (C=O) groups is 1. The Balaban J connectivity index is 1.58. The molecule has 0 saturated carbocycles. The maximum Gasteiger partial charge on any atom is 0.314 e. The first-order valence-corrected chi connectivity index (χ1v) is 10.9. The minimum atomic E-state index is -0.0754. The Morgan fingerprint density at radius 1 is 1.07 bits per heavy atom. The van der Waals surface area contributed by atoms with Gasteiger partial charge in [0, 0.05) is 37.8 Å². The average molecular weight is 383 g/mol. The number of hydrogen-bond donors (Lipinski definition) is 2. The number of morpholine rings is 1. The lowest BCUT2D eigenvalue weighted by molar-refractivity contribution is -0.0947. The van der Waals surface area contributed by atoms with Crippen LogP contribution in [0.15, 0.2) is 0 Å². The molecule has 0 aliphatic carbocycles. The number of piperidine rings is 1. The van der Waals surface area contributed by atoms with E-state index in [0.717, 1.165) is 45.1 Å². The molecule has 0 spiro atoms. The Hall–Kier alpha value is -0.850. The number of likely N-dealkylation sites (tertiary alicyclic amines) is 1. The number of rotatable bonds is 8. The maximum absolute atomic E-state index is 12.1. The van der Waals surface area contributed by atoms with Gasteiger partial charge in [0.05, 0.1) is 12.2 Å². The first-order chi connectivity index (χ1) is 12.8. The lowest BCUT2D eigenvalue weighted by Crippen LogP contribution is -2.59. The van der Waals surface area contributed by atoms with Crippen LogP contribution in [0.25, 0.3) is 0 Å². The number of unbranched alkanes of at least 4 members (excludes halogenated alkanes) is 1. The van der Waals surface area contributed by atoms with Crippen molar-refractivity contribution in [3.63, 3.8) is 0 Å². The van der Waals surface area contributed by atoms with Gasteiger partial charge in [-0.25, -0.2) is 4.79 Å². The lowest BCUT2D eigenvalue weighted by atomic mass is 10.00. The van der Waals surface area contributed by atoms with Gasteiger partial charge in [-0.2, -0.15) is 0 Å². The Bertz CT molecular complexity index is 447. The van der Waals surface area contributed by atoms with E-state index >= 15 is 0 Å². The Morgan fingerprint density at radius 3 is 2.44 bits per heavy atom. The molecule has 2 aliphatic rings. The SMILES string of the molecule is CC1CN(C(C)(C)CNC(=O)NCCCCN2CCCCC2C)CC(C)O1. The van der Waals surface area contributed by atoms with E-state index in [9.17, 15) is 4.79 Å². The third-order valence-electron chi connectivity index (χ3n) is 6.06. The van der Waals surface area contributed by atoms with Crippen molar-refractivity contribution < 1.29 is 9.53 Å². The van der Waals surface area contributed by atoms with Crippen LogP contribution in [0.5, 0.6) is 0 Å². The van der Waals surface area contributed by atoms with E-state index < -0.39 is 0 Å². The van der Waals surface area contributed by atoms with Crippen LogP contribution in [0.1, 0.15) is 66.7 Å². The van der Waals surface area contributed by atoms with Crippen molar-refractivity contribution in [1.29, 1.82) is 0 Å². The molecule has 0 radical (unpaired) electrons. The smallest absolute Gasteiger partial charge is 0.314 e. The molecule has 27 heavy (non-hydrogen) atoms. The molecule has 2 aliphatic heterocycles. The van der Waals surface area contributed by atoms with Gasteiger partial charge in [-0.3, -0.25) is 4.90 Å². The minimum absolute atomic E-state index is 0.0521. The number of ether oxygens (including phenoxy) is 1. The summed E-state index contributed by atoms with van der Waals surface area (Å²) in [5, 5.41) is 6.07. The van der Waals surface area contributed by atoms with E-state index in [1.54, 1.807) is 0 Å². The molecule has 0 aromatic rings. The molecular formula is C21H42N4O2. The standard InChI is InChI=1S/C21H42N4O2/c1-17-10-6-8-12-24(17)13-9-7-11-22-20(26)23-16-21(4,5)25-14-18(2)27-19(3)15-25/h17-19H,6-16H2,1-5H3,(H2,22,23,26). The summed E-state index contributed by atoms with van der Waals surface area (Å²) in [7, 11) is 0. The topological polar surface area (TPSA) is 56.8 Å². The van der Waals surface area contributed by atoms with E-state index in [1.807, 2.05) is 0 Å². The molecule has 2 amide bonds. The first-order valence-electron chi connectivity index (χ1n) is 10.9. The summed E-state index contributed by atoms with van der Waals surface area (Å²) < 4.78 is 5.82. The van der Waals surface area contributed by atoms with Gasteiger partial charge in [0.25, 0.3) is 0 Å². The zero-order valence-electron chi connectivity index (χ0n) is 18.2. The second-order valence-electron chi connectivity index (χ2n) is 9.17. The molecule has 0 aromatic carbocycles. The van der Waals surface area contributed by atoms with Crippen LogP contribution in [0.2, 0.25) is 0 Å². The van der Waals surface area contributed by atoms with Crippen LogP contribution in [0.4, 0.5) is 4.79 Å². The first kappa shape index (κ1) is 22.4. The van der Waals surface area contributed by atoms with Gasteiger partial charge < -0.3 is 20.3 Å². The van der Waals surface area contributed by atoms with E-state index in [4.69, 9.17) is 4.74 Å². The number of amides is 2. The summed E-state index contributed by atoms with van der Waals surface area (Å²) in [5.74, 6) is 0. The predicted octanol–water partition coefficient (Wildman–Crippen LogP) is 2.83. The highest BCUT2D eigenvalue weighted by Crippen LogP contribution is 2.20. The fourth-order valence-corrected chi connectivity index (χ4v) is 4.27. The van der Waals surface area contributed by atoms with E-state index in [-0.39, 0.29) is 23.8 Å². The molecule has 3 unspecified atom stereocenters. The van der Waals surface area contributed by atoms with E-state index in [0.29, 0.717) is 6.54 Å². The lowest BCUT2D eigenvalue weighted by Gasteiger charge is -2.45. The fraction of sp³-hybridized carbons (Fsp3) is 0.952. The van der Waals surface area contributed by atoms with Gasteiger partial charge in [0.2, 0.25) is 0 Å². The normalized spacial score (nSPS) is 28.1. The summed E-state index contributed by atoms with van der Waals surface area (Å²) in [4.78, 5) is 17.2. The molecule has 2 N–H and O–H groups in total. The van der Waals surface area contributed by atoms with Crippen LogP contribution >= 0.6 is 0 Å².